The van der Waals surface area contributed by atoms with E-state index in [4.69, 9.17) is 19.7 Å². The molecule has 0 radical (unpaired) electrons. The summed E-state index contributed by atoms with van der Waals surface area (Å²) < 4.78 is 16.6. The third-order valence-electron chi connectivity index (χ3n) is 4.76. The van der Waals surface area contributed by atoms with Gasteiger partial charge in [-0.2, -0.15) is 4.98 Å². The summed E-state index contributed by atoms with van der Waals surface area (Å²) in [6, 6.07) is -0.0619. The molecule has 2 aliphatic rings. The summed E-state index contributed by atoms with van der Waals surface area (Å²) in [4.78, 5) is 4.57. The van der Waals surface area contributed by atoms with Crippen molar-refractivity contribution in [2.45, 2.75) is 50.2 Å². The van der Waals surface area contributed by atoms with Crippen molar-refractivity contribution in [1.29, 1.82) is 0 Å². The van der Waals surface area contributed by atoms with Gasteiger partial charge in [-0.25, -0.2) is 0 Å². The highest BCUT2D eigenvalue weighted by Crippen LogP contribution is 2.41. The van der Waals surface area contributed by atoms with Gasteiger partial charge in [0, 0.05) is 13.2 Å². The lowest BCUT2D eigenvalue weighted by molar-refractivity contribution is -0.0609. The molecule has 2 atom stereocenters. The maximum Gasteiger partial charge on any atom is 0.233 e. The van der Waals surface area contributed by atoms with E-state index in [2.05, 4.69) is 17.1 Å². The van der Waals surface area contributed by atoms with Crippen molar-refractivity contribution in [3.8, 4) is 0 Å². The number of hydrogen-bond donors (Lipinski definition) is 1. The first-order chi connectivity index (χ1) is 9.64. The topological polar surface area (TPSA) is 83.4 Å². The van der Waals surface area contributed by atoms with Crippen LogP contribution in [0.1, 0.15) is 50.2 Å². The van der Waals surface area contributed by atoms with Crippen LogP contribution in [0.15, 0.2) is 4.52 Å². The molecule has 2 fully saturated rings. The molecule has 1 aromatic heterocycles. The highest BCUT2D eigenvalue weighted by molar-refractivity contribution is 5.08. The molecule has 0 bridgehead atoms. The minimum Gasteiger partial charge on any atom is -0.379 e. The zero-order chi connectivity index (χ0) is 14.2. The minimum absolute atomic E-state index is 0.00710. The van der Waals surface area contributed by atoms with Gasteiger partial charge in [-0.1, -0.05) is 12.1 Å². The van der Waals surface area contributed by atoms with Gasteiger partial charge in [-0.15, -0.1) is 0 Å². The molecule has 3 rings (SSSR count). The van der Waals surface area contributed by atoms with Crippen LogP contribution in [0.25, 0.3) is 0 Å². The van der Waals surface area contributed by atoms with Crippen LogP contribution >= 0.6 is 0 Å². The molecule has 6 nitrogen and oxygen atoms in total. The summed E-state index contributed by atoms with van der Waals surface area (Å²) in [5, 5.41) is 4.16. The lowest BCUT2D eigenvalue weighted by atomic mass is 9.79. The van der Waals surface area contributed by atoms with Crippen molar-refractivity contribution in [2.24, 2.45) is 11.7 Å². The van der Waals surface area contributed by atoms with Crippen molar-refractivity contribution in [3.05, 3.63) is 11.7 Å². The Morgan fingerprint density at radius 3 is 2.65 bits per heavy atom. The molecule has 0 amide bonds. The number of aromatic nitrogens is 2. The van der Waals surface area contributed by atoms with Gasteiger partial charge < -0.3 is 19.7 Å². The number of rotatable bonds is 3. The number of nitrogens with zero attached hydrogens (tertiary/aromatic N) is 2. The van der Waals surface area contributed by atoms with E-state index < -0.39 is 5.60 Å². The van der Waals surface area contributed by atoms with Crippen LogP contribution in [0.4, 0.5) is 0 Å². The minimum atomic E-state index is -0.391. The van der Waals surface area contributed by atoms with Crippen molar-refractivity contribution < 1.29 is 14.0 Å². The summed E-state index contributed by atoms with van der Waals surface area (Å²) in [6.45, 7) is 3.38. The number of nitrogens with two attached hydrogens (primary N) is 1. The van der Waals surface area contributed by atoms with E-state index in [1.807, 2.05) is 0 Å². The second-order valence-electron chi connectivity index (χ2n) is 6.14. The summed E-state index contributed by atoms with van der Waals surface area (Å²) in [7, 11) is 1.73. The van der Waals surface area contributed by atoms with Crippen LogP contribution in [-0.4, -0.2) is 36.5 Å². The van der Waals surface area contributed by atoms with E-state index in [0.717, 1.165) is 31.6 Å². The van der Waals surface area contributed by atoms with Crippen LogP contribution < -0.4 is 5.73 Å². The molecule has 2 unspecified atom stereocenters. The molecular weight excluding hydrogens is 258 g/mol. The molecule has 0 spiro atoms. The largest absolute Gasteiger partial charge is 0.379 e. The molecule has 1 aromatic rings. The van der Waals surface area contributed by atoms with Gasteiger partial charge in [0.2, 0.25) is 11.7 Å². The zero-order valence-corrected chi connectivity index (χ0v) is 12.2. The molecule has 1 aliphatic heterocycles. The van der Waals surface area contributed by atoms with Crippen LogP contribution in [-0.2, 0) is 15.1 Å². The predicted octanol–water partition coefficient (Wildman–Crippen LogP) is 1.56. The fraction of sp³-hybridized carbons (Fsp3) is 0.857. The fourth-order valence-corrected chi connectivity index (χ4v) is 3.14. The molecule has 20 heavy (non-hydrogen) atoms. The molecule has 1 aliphatic carbocycles. The predicted molar refractivity (Wildman–Crippen MR) is 72.2 cm³/mol. The Balaban J connectivity index is 1.81. The molecule has 2 heterocycles. The molecule has 2 N–H and O–H groups in total. The highest BCUT2D eigenvalue weighted by atomic mass is 16.5. The van der Waals surface area contributed by atoms with Crippen molar-refractivity contribution in [2.75, 3.05) is 20.3 Å². The summed E-state index contributed by atoms with van der Waals surface area (Å²) in [5.41, 5.74) is 5.61. The SMILES string of the molecule is COC1(c2noc(C3COCC3N)n2)CCC(C)CC1. The Hall–Kier alpha value is -0.980. The maximum atomic E-state index is 6.00. The number of methoxy groups -OCH3 is 1. The summed E-state index contributed by atoms with van der Waals surface area (Å²) in [5.74, 6) is 2.00. The quantitative estimate of drug-likeness (QED) is 0.905. The Bertz CT molecular complexity index is 454. The Morgan fingerprint density at radius 1 is 1.30 bits per heavy atom. The van der Waals surface area contributed by atoms with Crippen molar-refractivity contribution >= 4 is 0 Å². The van der Waals surface area contributed by atoms with E-state index in [-0.39, 0.29) is 12.0 Å². The lowest BCUT2D eigenvalue weighted by Gasteiger charge is -2.35. The highest BCUT2D eigenvalue weighted by Gasteiger charge is 2.41. The first kappa shape index (κ1) is 14.0. The maximum absolute atomic E-state index is 6.00. The number of ether oxygens (including phenoxy) is 2. The monoisotopic (exact) mass is 281 g/mol. The summed E-state index contributed by atoms with van der Waals surface area (Å²) >= 11 is 0. The second-order valence-corrected chi connectivity index (χ2v) is 6.14. The van der Waals surface area contributed by atoms with E-state index in [1.165, 1.54) is 0 Å². The smallest absolute Gasteiger partial charge is 0.233 e. The first-order valence-electron chi connectivity index (χ1n) is 7.37. The molecular formula is C14H23N3O3. The second kappa shape index (κ2) is 5.42. The summed E-state index contributed by atoms with van der Waals surface area (Å²) in [6.07, 6.45) is 4.14. The Morgan fingerprint density at radius 2 is 2.05 bits per heavy atom. The van der Waals surface area contributed by atoms with Gasteiger partial charge in [-0.3, -0.25) is 0 Å². The number of hydrogen-bond acceptors (Lipinski definition) is 6. The normalized spacial score (nSPS) is 38.2. The molecule has 1 saturated carbocycles. The van der Waals surface area contributed by atoms with Crippen LogP contribution in [0, 0.1) is 5.92 Å². The van der Waals surface area contributed by atoms with Crippen LogP contribution in [0.2, 0.25) is 0 Å². The fourth-order valence-electron chi connectivity index (χ4n) is 3.14. The molecule has 1 saturated heterocycles. The standard InChI is InChI=1S/C14H23N3O3/c1-9-3-5-14(18-2,6-4-9)13-16-12(20-17-13)10-7-19-8-11(10)15/h9-11H,3-8,15H2,1-2H3. The lowest BCUT2D eigenvalue weighted by Crippen LogP contribution is -2.34. The van der Waals surface area contributed by atoms with Gasteiger partial charge in [0.15, 0.2) is 0 Å². The molecule has 112 valence electrons. The third-order valence-corrected chi connectivity index (χ3v) is 4.76. The van der Waals surface area contributed by atoms with Crippen LogP contribution in [0.3, 0.4) is 0 Å². The van der Waals surface area contributed by atoms with E-state index in [1.54, 1.807) is 7.11 Å². The molecule has 0 aromatic carbocycles. The third kappa shape index (κ3) is 2.36. The van der Waals surface area contributed by atoms with Gasteiger partial charge >= 0.3 is 0 Å². The van der Waals surface area contributed by atoms with Gasteiger partial charge in [0.1, 0.15) is 5.60 Å². The van der Waals surface area contributed by atoms with E-state index >= 15 is 0 Å². The average Bonchev–Trinajstić information content (AvgIpc) is 3.09. The Kier molecular flexibility index (Phi) is 3.79. The first-order valence-corrected chi connectivity index (χ1v) is 7.37. The van der Waals surface area contributed by atoms with Crippen molar-refractivity contribution in [3.63, 3.8) is 0 Å². The molecule has 6 heteroatoms. The Labute approximate surface area is 119 Å². The van der Waals surface area contributed by atoms with Gasteiger partial charge in [0.25, 0.3) is 0 Å². The van der Waals surface area contributed by atoms with Gasteiger partial charge in [0.05, 0.1) is 19.1 Å². The van der Waals surface area contributed by atoms with E-state index in [9.17, 15) is 0 Å². The van der Waals surface area contributed by atoms with Gasteiger partial charge in [-0.05, 0) is 31.6 Å². The zero-order valence-electron chi connectivity index (χ0n) is 12.2. The van der Waals surface area contributed by atoms with Crippen molar-refractivity contribution in [1.82, 2.24) is 10.1 Å². The van der Waals surface area contributed by atoms with Crippen LogP contribution in [0.5, 0.6) is 0 Å². The van der Waals surface area contributed by atoms with E-state index in [0.29, 0.717) is 24.9 Å². The average molecular weight is 281 g/mol.